The Hall–Kier alpha value is -1.26. The minimum atomic E-state index is 0.446. The average molecular weight is 294 g/mol. The fraction of sp³-hybridized carbons (Fsp3) is 0.286. The fourth-order valence-corrected chi connectivity index (χ4v) is 2.29. The molecular weight excluding hydrogens is 278 g/mol. The van der Waals surface area contributed by atoms with Crippen molar-refractivity contribution in [2.45, 2.75) is 24.9 Å². The predicted molar refractivity (Wildman–Crippen MR) is 82.6 cm³/mol. The standard InChI is InChI=1S/C14H16ClN3S/c1-9(2)10-5-4-6-11(7-10)16-13-8-12(15)17-14(18-13)19-3/h4-9H,1-3H3,(H,16,17,18). The summed E-state index contributed by atoms with van der Waals surface area (Å²) in [6, 6.07) is 10.0. The second kappa shape index (κ2) is 6.26. The molecule has 1 N–H and O–H groups in total. The highest BCUT2D eigenvalue weighted by Gasteiger charge is 2.04. The van der Waals surface area contributed by atoms with E-state index in [1.54, 1.807) is 6.07 Å². The third kappa shape index (κ3) is 3.85. The first-order valence-electron chi connectivity index (χ1n) is 6.04. The Morgan fingerprint density at radius 2 is 2.00 bits per heavy atom. The van der Waals surface area contributed by atoms with Gasteiger partial charge in [0.25, 0.3) is 0 Å². The van der Waals surface area contributed by atoms with Gasteiger partial charge >= 0.3 is 0 Å². The van der Waals surface area contributed by atoms with Crippen molar-refractivity contribution < 1.29 is 0 Å². The molecule has 1 aromatic heterocycles. The second-order valence-electron chi connectivity index (χ2n) is 4.47. The molecule has 1 heterocycles. The number of nitrogens with one attached hydrogen (secondary N) is 1. The molecule has 0 atom stereocenters. The maximum absolute atomic E-state index is 5.97. The molecule has 0 spiro atoms. The first-order chi connectivity index (χ1) is 9.08. The zero-order valence-corrected chi connectivity index (χ0v) is 12.7. The molecule has 100 valence electrons. The Morgan fingerprint density at radius 1 is 1.21 bits per heavy atom. The number of thioether (sulfide) groups is 1. The molecule has 2 aromatic rings. The lowest BCUT2D eigenvalue weighted by Gasteiger charge is -2.10. The second-order valence-corrected chi connectivity index (χ2v) is 5.63. The minimum Gasteiger partial charge on any atom is -0.340 e. The monoisotopic (exact) mass is 293 g/mol. The van der Waals surface area contributed by atoms with E-state index in [2.05, 4.69) is 41.3 Å². The van der Waals surface area contributed by atoms with Gasteiger partial charge in [-0.25, -0.2) is 9.97 Å². The predicted octanol–water partition coefficient (Wildman–Crippen LogP) is 4.72. The van der Waals surface area contributed by atoms with Crippen LogP contribution in [0.15, 0.2) is 35.5 Å². The Kier molecular flexibility index (Phi) is 4.66. The summed E-state index contributed by atoms with van der Waals surface area (Å²) in [5.41, 5.74) is 2.29. The van der Waals surface area contributed by atoms with Gasteiger partial charge in [0.15, 0.2) is 5.16 Å². The van der Waals surface area contributed by atoms with Crippen LogP contribution in [0.3, 0.4) is 0 Å². The van der Waals surface area contributed by atoms with E-state index in [-0.39, 0.29) is 0 Å². The normalized spacial score (nSPS) is 10.8. The minimum absolute atomic E-state index is 0.446. The van der Waals surface area contributed by atoms with Crippen LogP contribution in [-0.2, 0) is 0 Å². The van der Waals surface area contributed by atoms with Crippen molar-refractivity contribution >= 4 is 34.9 Å². The molecule has 0 aliphatic carbocycles. The Morgan fingerprint density at radius 3 is 2.68 bits per heavy atom. The van der Waals surface area contributed by atoms with Crippen LogP contribution < -0.4 is 5.32 Å². The summed E-state index contributed by atoms with van der Waals surface area (Å²) in [6.07, 6.45) is 1.93. The summed E-state index contributed by atoms with van der Waals surface area (Å²) < 4.78 is 0. The number of aromatic nitrogens is 2. The van der Waals surface area contributed by atoms with Crippen molar-refractivity contribution in [2.24, 2.45) is 0 Å². The molecule has 1 aromatic carbocycles. The van der Waals surface area contributed by atoms with E-state index in [1.807, 2.05) is 18.4 Å². The fourth-order valence-electron chi connectivity index (χ4n) is 1.68. The summed E-state index contributed by atoms with van der Waals surface area (Å²) in [4.78, 5) is 8.50. The Labute approximate surface area is 122 Å². The summed E-state index contributed by atoms with van der Waals surface area (Å²) in [5.74, 6) is 1.21. The average Bonchev–Trinajstić information content (AvgIpc) is 2.38. The summed E-state index contributed by atoms with van der Waals surface area (Å²) in [6.45, 7) is 4.35. The maximum atomic E-state index is 5.97. The van der Waals surface area contributed by atoms with Crippen molar-refractivity contribution in [3.8, 4) is 0 Å². The molecule has 0 aliphatic heterocycles. The number of nitrogens with zero attached hydrogens (tertiary/aromatic N) is 2. The van der Waals surface area contributed by atoms with E-state index in [1.165, 1.54) is 17.3 Å². The lowest BCUT2D eigenvalue weighted by Crippen LogP contribution is -1.97. The van der Waals surface area contributed by atoms with Gasteiger partial charge in [0.2, 0.25) is 0 Å². The highest BCUT2D eigenvalue weighted by molar-refractivity contribution is 7.98. The molecule has 0 saturated carbocycles. The van der Waals surface area contributed by atoms with E-state index < -0.39 is 0 Å². The van der Waals surface area contributed by atoms with Crippen LogP contribution in [0.25, 0.3) is 0 Å². The quantitative estimate of drug-likeness (QED) is 0.503. The number of benzene rings is 1. The van der Waals surface area contributed by atoms with Crippen LogP contribution in [0.5, 0.6) is 0 Å². The van der Waals surface area contributed by atoms with Crippen molar-refractivity contribution in [1.82, 2.24) is 9.97 Å². The van der Waals surface area contributed by atoms with Crippen LogP contribution in [0.1, 0.15) is 25.3 Å². The van der Waals surface area contributed by atoms with E-state index in [9.17, 15) is 0 Å². The van der Waals surface area contributed by atoms with Gasteiger partial charge in [0.05, 0.1) is 0 Å². The lowest BCUT2D eigenvalue weighted by atomic mass is 10.0. The van der Waals surface area contributed by atoms with Gasteiger partial charge in [0, 0.05) is 11.8 Å². The molecule has 5 heteroatoms. The van der Waals surface area contributed by atoms with E-state index in [0.29, 0.717) is 22.0 Å². The third-order valence-electron chi connectivity index (χ3n) is 2.68. The van der Waals surface area contributed by atoms with Gasteiger partial charge in [-0.2, -0.15) is 0 Å². The molecule has 0 saturated heterocycles. The zero-order valence-electron chi connectivity index (χ0n) is 11.1. The molecule has 0 aliphatic rings. The SMILES string of the molecule is CSc1nc(Cl)cc(Nc2cccc(C(C)C)c2)n1. The highest BCUT2D eigenvalue weighted by Crippen LogP contribution is 2.23. The molecule has 0 bridgehead atoms. The number of rotatable bonds is 4. The molecule has 0 radical (unpaired) electrons. The Balaban J connectivity index is 2.25. The molecule has 0 unspecified atom stereocenters. The zero-order chi connectivity index (χ0) is 13.8. The molecule has 0 fully saturated rings. The van der Waals surface area contributed by atoms with E-state index >= 15 is 0 Å². The van der Waals surface area contributed by atoms with Crippen LogP contribution in [0.4, 0.5) is 11.5 Å². The van der Waals surface area contributed by atoms with Crippen molar-refractivity contribution in [3.63, 3.8) is 0 Å². The van der Waals surface area contributed by atoms with Crippen LogP contribution >= 0.6 is 23.4 Å². The summed E-state index contributed by atoms with van der Waals surface area (Å²) in [5, 5.41) is 4.37. The van der Waals surface area contributed by atoms with Crippen LogP contribution in [0.2, 0.25) is 5.15 Å². The summed E-state index contributed by atoms with van der Waals surface area (Å²) >= 11 is 7.44. The van der Waals surface area contributed by atoms with E-state index in [0.717, 1.165) is 5.69 Å². The number of hydrogen-bond donors (Lipinski definition) is 1. The van der Waals surface area contributed by atoms with E-state index in [4.69, 9.17) is 11.6 Å². The topological polar surface area (TPSA) is 37.8 Å². The first kappa shape index (κ1) is 14.2. The molecule has 2 rings (SSSR count). The maximum Gasteiger partial charge on any atom is 0.190 e. The third-order valence-corrected chi connectivity index (χ3v) is 3.42. The largest absolute Gasteiger partial charge is 0.340 e. The van der Waals surface area contributed by atoms with Crippen molar-refractivity contribution in [2.75, 3.05) is 11.6 Å². The molecule has 3 nitrogen and oxygen atoms in total. The van der Waals surface area contributed by atoms with Crippen molar-refractivity contribution in [3.05, 3.63) is 41.0 Å². The van der Waals surface area contributed by atoms with Gasteiger partial charge in [-0.3, -0.25) is 0 Å². The number of hydrogen-bond acceptors (Lipinski definition) is 4. The Bertz CT molecular complexity index is 572. The molecule has 19 heavy (non-hydrogen) atoms. The summed E-state index contributed by atoms with van der Waals surface area (Å²) in [7, 11) is 0. The van der Waals surface area contributed by atoms with Crippen LogP contribution in [0, 0.1) is 0 Å². The van der Waals surface area contributed by atoms with Gasteiger partial charge < -0.3 is 5.32 Å². The van der Waals surface area contributed by atoms with Gasteiger partial charge in [0.1, 0.15) is 11.0 Å². The van der Waals surface area contributed by atoms with Crippen molar-refractivity contribution in [1.29, 1.82) is 0 Å². The lowest BCUT2D eigenvalue weighted by molar-refractivity contribution is 0.867. The van der Waals surface area contributed by atoms with Crippen LogP contribution in [-0.4, -0.2) is 16.2 Å². The van der Waals surface area contributed by atoms with Gasteiger partial charge in [-0.15, -0.1) is 0 Å². The van der Waals surface area contributed by atoms with Gasteiger partial charge in [-0.1, -0.05) is 49.3 Å². The van der Waals surface area contributed by atoms with Gasteiger partial charge in [-0.05, 0) is 29.9 Å². The molecule has 0 amide bonds. The smallest absolute Gasteiger partial charge is 0.190 e. The first-order valence-corrected chi connectivity index (χ1v) is 7.64. The number of halogens is 1. The molecular formula is C14H16ClN3S. The highest BCUT2D eigenvalue weighted by atomic mass is 35.5. The number of anilines is 2.